The molecule has 1 amide bonds. The number of aromatic nitrogens is 4. The summed E-state index contributed by atoms with van der Waals surface area (Å²) in [5, 5.41) is 7.15. The van der Waals surface area contributed by atoms with Crippen molar-refractivity contribution < 1.29 is 4.79 Å². The maximum atomic E-state index is 12.0. The highest BCUT2D eigenvalue weighted by molar-refractivity contribution is 5.76. The summed E-state index contributed by atoms with van der Waals surface area (Å²) in [5.41, 5.74) is 1.11. The summed E-state index contributed by atoms with van der Waals surface area (Å²) < 4.78 is 1.84. The van der Waals surface area contributed by atoms with Gasteiger partial charge in [0.05, 0.1) is 6.04 Å². The van der Waals surface area contributed by atoms with E-state index in [1.807, 2.05) is 23.7 Å². The van der Waals surface area contributed by atoms with Crippen molar-refractivity contribution in [2.75, 3.05) is 0 Å². The van der Waals surface area contributed by atoms with E-state index in [1.54, 1.807) is 12.4 Å². The highest BCUT2D eigenvalue weighted by Gasteiger charge is 2.15. The number of nitrogens with zero attached hydrogens (tertiary/aromatic N) is 4. The second kappa shape index (κ2) is 7.52. The molecule has 0 unspecified atom stereocenters. The first-order chi connectivity index (χ1) is 10.2. The van der Waals surface area contributed by atoms with Gasteiger partial charge in [-0.3, -0.25) is 9.78 Å². The largest absolute Gasteiger partial charge is 0.346 e. The molecule has 0 spiro atoms. The summed E-state index contributed by atoms with van der Waals surface area (Å²) in [6.45, 7) is 4.83. The smallest absolute Gasteiger partial charge is 0.220 e. The monoisotopic (exact) mass is 287 g/mol. The average molecular weight is 287 g/mol. The highest BCUT2D eigenvalue weighted by atomic mass is 16.1. The molecule has 1 atom stereocenters. The van der Waals surface area contributed by atoms with Crippen molar-refractivity contribution in [3.8, 4) is 0 Å². The Kier molecular flexibility index (Phi) is 5.43. The third-order valence-electron chi connectivity index (χ3n) is 3.24. The fourth-order valence-corrected chi connectivity index (χ4v) is 2.18. The van der Waals surface area contributed by atoms with E-state index in [4.69, 9.17) is 0 Å². The maximum Gasteiger partial charge on any atom is 0.220 e. The molecule has 0 aliphatic heterocycles. The van der Waals surface area contributed by atoms with Gasteiger partial charge in [0.15, 0.2) is 0 Å². The predicted octanol–water partition coefficient (Wildman–Crippen LogP) is 1.89. The molecule has 2 rings (SSSR count). The van der Waals surface area contributed by atoms with Crippen LogP contribution in [0.3, 0.4) is 0 Å². The Balaban J connectivity index is 1.85. The van der Waals surface area contributed by atoms with Crippen molar-refractivity contribution in [1.29, 1.82) is 0 Å². The van der Waals surface area contributed by atoms with Crippen molar-refractivity contribution in [1.82, 2.24) is 25.1 Å². The molecule has 0 aromatic carbocycles. The minimum Gasteiger partial charge on any atom is -0.346 e. The SMILES string of the molecule is CCCn1ncnc1[C@H](C)NC(=O)CCc1ccncc1. The molecule has 0 saturated heterocycles. The first-order valence-electron chi connectivity index (χ1n) is 7.26. The van der Waals surface area contributed by atoms with Crippen LogP contribution in [0.4, 0.5) is 0 Å². The molecule has 2 heterocycles. The van der Waals surface area contributed by atoms with Crippen molar-refractivity contribution in [2.45, 2.75) is 45.7 Å². The summed E-state index contributed by atoms with van der Waals surface area (Å²) in [6, 6.07) is 3.72. The summed E-state index contributed by atoms with van der Waals surface area (Å²) in [4.78, 5) is 20.2. The fraction of sp³-hybridized carbons (Fsp3) is 0.467. The minimum absolute atomic E-state index is 0.0189. The zero-order chi connectivity index (χ0) is 15.1. The molecular weight excluding hydrogens is 266 g/mol. The van der Waals surface area contributed by atoms with Crippen LogP contribution < -0.4 is 5.32 Å². The van der Waals surface area contributed by atoms with E-state index in [-0.39, 0.29) is 11.9 Å². The number of carbonyl (C=O) groups is 1. The fourth-order valence-electron chi connectivity index (χ4n) is 2.18. The van der Waals surface area contributed by atoms with Gasteiger partial charge in [0, 0.05) is 25.4 Å². The van der Waals surface area contributed by atoms with Crippen LogP contribution in [0.1, 0.15) is 44.1 Å². The molecule has 2 aromatic heterocycles. The van der Waals surface area contributed by atoms with Gasteiger partial charge in [-0.1, -0.05) is 6.92 Å². The number of aryl methyl sites for hydroxylation is 2. The Hall–Kier alpha value is -2.24. The average Bonchev–Trinajstić information content (AvgIpc) is 2.95. The summed E-state index contributed by atoms with van der Waals surface area (Å²) in [5.74, 6) is 0.819. The molecule has 112 valence electrons. The second-order valence-corrected chi connectivity index (χ2v) is 4.99. The lowest BCUT2D eigenvalue weighted by Gasteiger charge is -2.14. The molecule has 0 saturated carbocycles. The molecular formula is C15H21N5O. The van der Waals surface area contributed by atoms with E-state index < -0.39 is 0 Å². The Morgan fingerprint density at radius 1 is 1.38 bits per heavy atom. The predicted molar refractivity (Wildman–Crippen MR) is 79.4 cm³/mol. The second-order valence-electron chi connectivity index (χ2n) is 4.99. The van der Waals surface area contributed by atoms with E-state index in [0.29, 0.717) is 12.8 Å². The molecule has 0 fully saturated rings. The van der Waals surface area contributed by atoms with Crippen LogP contribution in [-0.4, -0.2) is 25.7 Å². The molecule has 2 aromatic rings. The van der Waals surface area contributed by atoms with Crippen molar-refractivity contribution in [3.05, 3.63) is 42.2 Å². The van der Waals surface area contributed by atoms with Crippen LogP contribution in [0.2, 0.25) is 0 Å². The Bertz CT molecular complexity index is 566. The first-order valence-corrected chi connectivity index (χ1v) is 7.26. The third kappa shape index (κ3) is 4.37. The highest BCUT2D eigenvalue weighted by Crippen LogP contribution is 2.10. The van der Waals surface area contributed by atoms with Crippen LogP contribution in [0.5, 0.6) is 0 Å². The zero-order valence-electron chi connectivity index (χ0n) is 12.5. The first kappa shape index (κ1) is 15.2. The molecule has 0 aliphatic carbocycles. The van der Waals surface area contributed by atoms with Gasteiger partial charge in [-0.15, -0.1) is 0 Å². The molecule has 0 bridgehead atoms. The van der Waals surface area contributed by atoms with E-state index in [2.05, 4.69) is 27.3 Å². The van der Waals surface area contributed by atoms with Crippen LogP contribution >= 0.6 is 0 Å². The number of amides is 1. The molecule has 6 heteroatoms. The lowest BCUT2D eigenvalue weighted by Crippen LogP contribution is -2.29. The van der Waals surface area contributed by atoms with Crippen molar-refractivity contribution >= 4 is 5.91 Å². The van der Waals surface area contributed by atoms with Gasteiger partial charge in [-0.25, -0.2) is 9.67 Å². The quantitative estimate of drug-likeness (QED) is 0.844. The molecule has 6 nitrogen and oxygen atoms in total. The number of hydrogen-bond acceptors (Lipinski definition) is 4. The Labute approximate surface area is 124 Å². The number of nitrogens with one attached hydrogen (secondary N) is 1. The van der Waals surface area contributed by atoms with E-state index >= 15 is 0 Å². The van der Waals surface area contributed by atoms with E-state index in [1.165, 1.54) is 6.33 Å². The minimum atomic E-state index is -0.135. The normalized spacial score (nSPS) is 12.1. The summed E-state index contributed by atoms with van der Waals surface area (Å²) in [6.07, 6.45) is 7.16. The third-order valence-corrected chi connectivity index (χ3v) is 3.24. The maximum absolute atomic E-state index is 12.0. The molecule has 21 heavy (non-hydrogen) atoms. The van der Waals surface area contributed by atoms with Crippen LogP contribution in [0.25, 0.3) is 0 Å². The molecule has 0 aliphatic rings. The number of carbonyl (C=O) groups excluding carboxylic acids is 1. The summed E-state index contributed by atoms with van der Waals surface area (Å²) in [7, 11) is 0. The summed E-state index contributed by atoms with van der Waals surface area (Å²) >= 11 is 0. The Morgan fingerprint density at radius 3 is 2.86 bits per heavy atom. The number of rotatable bonds is 7. The van der Waals surface area contributed by atoms with Gasteiger partial charge in [0.2, 0.25) is 5.91 Å². The lowest BCUT2D eigenvalue weighted by atomic mass is 10.1. The van der Waals surface area contributed by atoms with Gasteiger partial charge in [-0.05, 0) is 37.5 Å². The lowest BCUT2D eigenvalue weighted by molar-refractivity contribution is -0.121. The number of pyridine rings is 1. The van der Waals surface area contributed by atoms with Crippen molar-refractivity contribution in [2.24, 2.45) is 0 Å². The van der Waals surface area contributed by atoms with Gasteiger partial charge < -0.3 is 5.32 Å². The Morgan fingerprint density at radius 2 is 2.14 bits per heavy atom. The van der Waals surface area contributed by atoms with Crippen LogP contribution in [-0.2, 0) is 17.8 Å². The van der Waals surface area contributed by atoms with E-state index in [0.717, 1.165) is 24.4 Å². The van der Waals surface area contributed by atoms with Gasteiger partial charge in [0.25, 0.3) is 0 Å². The van der Waals surface area contributed by atoms with Crippen LogP contribution in [0.15, 0.2) is 30.9 Å². The van der Waals surface area contributed by atoms with Gasteiger partial charge in [-0.2, -0.15) is 5.10 Å². The van der Waals surface area contributed by atoms with Crippen molar-refractivity contribution in [3.63, 3.8) is 0 Å². The van der Waals surface area contributed by atoms with Gasteiger partial charge in [0.1, 0.15) is 12.2 Å². The standard InChI is InChI=1S/C15H21N5O/c1-3-10-20-15(17-11-18-20)12(2)19-14(21)5-4-13-6-8-16-9-7-13/h6-9,11-12H,3-5,10H2,1-2H3,(H,19,21)/t12-/m0/s1. The van der Waals surface area contributed by atoms with E-state index in [9.17, 15) is 4.79 Å². The number of hydrogen-bond donors (Lipinski definition) is 1. The van der Waals surface area contributed by atoms with Crippen LogP contribution in [0, 0.1) is 0 Å². The topological polar surface area (TPSA) is 72.7 Å². The molecule has 1 N–H and O–H groups in total. The van der Waals surface area contributed by atoms with Gasteiger partial charge >= 0.3 is 0 Å². The molecule has 0 radical (unpaired) electrons. The zero-order valence-corrected chi connectivity index (χ0v) is 12.5.